The van der Waals surface area contributed by atoms with Gasteiger partial charge in [-0.1, -0.05) is 44.4 Å². The van der Waals surface area contributed by atoms with E-state index in [0.29, 0.717) is 11.9 Å². The Kier molecular flexibility index (Phi) is 4.61. The summed E-state index contributed by atoms with van der Waals surface area (Å²) < 4.78 is 2.75. The van der Waals surface area contributed by atoms with Crippen molar-refractivity contribution in [2.24, 2.45) is 4.99 Å². The summed E-state index contributed by atoms with van der Waals surface area (Å²) in [6.45, 7) is 2.15. The molecule has 0 atom stereocenters. The summed E-state index contributed by atoms with van der Waals surface area (Å²) in [5.74, 6) is 0.322. The van der Waals surface area contributed by atoms with E-state index in [0.717, 1.165) is 44.9 Å². The largest absolute Gasteiger partial charge is 0.493 e. The van der Waals surface area contributed by atoms with Crippen molar-refractivity contribution in [3.8, 4) is 5.88 Å². The molecule has 4 rings (SSSR count). The van der Waals surface area contributed by atoms with Crippen molar-refractivity contribution in [2.45, 2.75) is 51.5 Å². The molecule has 1 saturated carbocycles. The normalized spacial score (nSPS) is 18.8. The van der Waals surface area contributed by atoms with Gasteiger partial charge in [0.1, 0.15) is 0 Å². The lowest BCUT2D eigenvalue weighted by molar-refractivity contribution is 0.312. The third-order valence-corrected chi connectivity index (χ3v) is 6.55. The molecule has 2 aliphatic rings. The quantitative estimate of drug-likeness (QED) is 0.643. The van der Waals surface area contributed by atoms with E-state index in [1.54, 1.807) is 0 Å². The van der Waals surface area contributed by atoms with E-state index in [-0.39, 0.29) is 0 Å². The van der Waals surface area contributed by atoms with Gasteiger partial charge >= 0.3 is 0 Å². The topological polar surface area (TPSA) is 37.5 Å². The SMILES string of the molecule is CCc1cccc2c1N=CC2=Cc1sc(=S)n(C2CCCCC2)c1O. The van der Waals surface area contributed by atoms with Crippen LogP contribution < -0.4 is 0 Å². The fourth-order valence-electron chi connectivity index (χ4n) is 3.87. The van der Waals surface area contributed by atoms with Crippen LogP contribution in [-0.2, 0) is 6.42 Å². The molecule has 0 unspecified atom stereocenters. The molecule has 1 N–H and O–H groups in total. The van der Waals surface area contributed by atoms with Gasteiger partial charge in [0, 0.05) is 23.4 Å². The predicted octanol–water partition coefficient (Wildman–Crippen LogP) is 6.31. The van der Waals surface area contributed by atoms with Crippen LogP contribution in [0.25, 0.3) is 11.6 Å². The number of allylic oxidation sites excluding steroid dienone is 1. The molecule has 1 aliphatic heterocycles. The maximum atomic E-state index is 10.8. The first-order valence-corrected chi connectivity index (χ1v) is 10.2. The van der Waals surface area contributed by atoms with Crippen molar-refractivity contribution in [1.82, 2.24) is 4.57 Å². The molecule has 3 nitrogen and oxygen atoms in total. The molecule has 2 heterocycles. The number of hydrogen-bond donors (Lipinski definition) is 1. The molecule has 2 aromatic rings. The van der Waals surface area contributed by atoms with Crippen molar-refractivity contribution >= 4 is 47.1 Å². The van der Waals surface area contributed by atoms with Gasteiger partial charge in [-0.05, 0) is 43.1 Å². The number of aryl methyl sites for hydroxylation is 1. The van der Waals surface area contributed by atoms with Crippen LogP contribution in [0.15, 0.2) is 23.2 Å². The molecule has 0 bridgehead atoms. The molecule has 0 saturated heterocycles. The average molecular weight is 371 g/mol. The number of thiazole rings is 1. The first kappa shape index (κ1) is 16.7. The summed E-state index contributed by atoms with van der Waals surface area (Å²) in [5.41, 5.74) is 4.51. The zero-order chi connectivity index (χ0) is 17.4. The molecule has 1 aromatic carbocycles. The van der Waals surface area contributed by atoms with Gasteiger partial charge in [0.05, 0.1) is 10.6 Å². The lowest BCUT2D eigenvalue weighted by Crippen LogP contribution is -2.12. The van der Waals surface area contributed by atoms with E-state index in [9.17, 15) is 5.11 Å². The van der Waals surface area contributed by atoms with Gasteiger partial charge in [0.15, 0.2) is 3.95 Å². The Balaban J connectivity index is 1.73. The van der Waals surface area contributed by atoms with Crippen LogP contribution in [0, 0.1) is 3.95 Å². The summed E-state index contributed by atoms with van der Waals surface area (Å²) in [7, 11) is 0. The van der Waals surface area contributed by atoms with E-state index >= 15 is 0 Å². The van der Waals surface area contributed by atoms with Gasteiger partial charge < -0.3 is 5.11 Å². The number of aliphatic imine (C=N–C) groups is 1. The van der Waals surface area contributed by atoms with Gasteiger partial charge in [-0.15, -0.1) is 11.3 Å². The first-order valence-electron chi connectivity index (χ1n) is 9.01. The molecule has 0 amide bonds. The van der Waals surface area contributed by atoms with Crippen LogP contribution in [0.1, 0.15) is 61.1 Å². The number of fused-ring (bicyclic) bond motifs is 1. The molecule has 1 fully saturated rings. The molecule has 130 valence electrons. The average Bonchev–Trinajstić information content (AvgIpc) is 3.17. The Hall–Kier alpha value is -1.72. The third kappa shape index (κ3) is 3.00. The van der Waals surface area contributed by atoms with Crippen LogP contribution in [0.5, 0.6) is 5.88 Å². The van der Waals surface area contributed by atoms with E-state index in [2.05, 4.69) is 30.1 Å². The fraction of sp³-hybridized carbons (Fsp3) is 0.400. The molecular formula is C20H22N2OS2. The van der Waals surface area contributed by atoms with Crippen LogP contribution in [0.2, 0.25) is 0 Å². The van der Waals surface area contributed by atoms with Crippen molar-refractivity contribution in [3.63, 3.8) is 0 Å². The minimum absolute atomic E-state index is 0.322. The lowest BCUT2D eigenvalue weighted by atomic mass is 9.95. The maximum Gasteiger partial charge on any atom is 0.210 e. The highest BCUT2D eigenvalue weighted by Gasteiger charge is 2.22. The van der Waals surface area contributed by atoms with E-state index < -0.39 is 0 Å². The number of hydrogen-bond acceptors (Lipinski definition) is 4. The molecule has 0 spiro atoms. The van der Waals surface area contributed by atoms with Gasteiger partial charge in [-0.25, -0.2) is 0 Å². The van der Waals surface area contributed by atoms with Crippen LogP contribution in [0.4, 0.5) is 5.69 Å². The van der Waals surface area contributed by atoms with Crippen molar-refractivity contribution < 1.29 is 5.11 Å². The Morgan fingerprint density at radius 1 is 1.32 bits per heavy atom. The van der Waals surface area contributed by atoms with Crippen molar-refractivity contribution in [1.29, 1.82) is 0 Å². The summed E-state index contributed by atoms with van der Waals surface area (Å²) >= 11 is 7.05. The third-order valence-electron chi connectivity index (χ3n) is 5.21. The van der Waals surface area contributed by atoms with Gasteiger partial charge in [-0.2, -0.15) is 0 Å². The molecular weight excluding hydrogens is 348 g/mol. The number of benzene rings is 1. The first-order chi connectivity index (χ1) is 12.2. The smallest absolute Gasteiger partial charge is 0.210 e. The van der Waals surface area contributed by atoms with Gasteiger partial charge in [0.2, 0.25) is 5.88 Å². The van der Waals surface area contributed by atoms with E-state index in [1.165, 1.54) is 36.2 Å². The molecule has 25 heavy (non-hydrogen) atoms. The van der Waals surface area contributed by atoms with E-state index in [1.807, 2.05) is 16.9 Å². The summed E-state index contributed by atoms with van der Waals surface area (Å²) in [4.78, 5) is 5.43. The summed E-state index contributed by atoms with van der Waals surface area (Å²) in [6, 6.07) is 6.65. The standard InChI is InChI=1S/C20H22N2OS2/c1-2-13-7-6-10-16-14(12-21-18(13)16)11-17-19(23)22(20(24)25-17)15-8-4-3-5-9-15/h6-7,10-12,15,23H,2-5,8-9H2,1H3. The Morgan fingerprint density at radius 2 is 2.12 bits per heavy atom. The number of aromatic nitrogens is 1. The lowest BCUT2D eigenvalue weighted by Gasteiger charge is -2.23. The molecule has 1 aliphatic carbocycles. The zero-order valence-electron chi connectivity index (χ0n) is 14.4. The Morgan fingerprint density at radius 3 is 2.88 bits per heavy atom. The maximum absolute atomic E-state index is 10.8. The van der Waals surface area contributed by atoms with E-state index in [4.69, 9.17) is 12.2 Å². The summed E-state index contributed by atoms with van der Waals surface area (Å²) in [6.07, 6.45) is 10.9. The second kappa shape index (κ2) is 6.89. The Bertz CT molecular complexity index is 914. The van der Waals surface area contributed by atoms with Crippen molar-refractivity contribution in [2.75, 3.05) is 0 Å². The second-order valence-corrected chi connectivity index (χ2v) is 8.42. The molecule has 0 radical (unpaired) electrons. The predicted molar refractivity (Wildman–Crippen MR) is 109 cm³/mol. The van der Waals surface area contributed by atoms with Gasteiger partial charge in [-0.3, -0.25) is 9.56 Å². The minimum Gasteiger partial charge on any atom is -0.493 e. The number of para-hydroxylation sites is 1. The molecule has 1 aromatic heterocycles. The van der Waals surface area contributed by atoms with Gasteiger partial charge in [0.25, 0.3) is 0 Å². The highest BCUT2D eigenvalue weighted by molar-refractivity contribution is 7.73. The van der Waals surface area contributed by atoms with Crippen LogP contribution in [0.3, 0.4) is 0 Å². The van der Waals surface area contributed by atoms with Crippen LogP contribution in [-0.4, -0.2) is 15.9 Å². The minimum atomic E-state index is 0.322. The summed E-state index contributed by atoms with van der Waals surface area (Å²) in [5, 5.41) is 10.8. The highest BCUT2D eigenvalue weighted by atomic mass is 32.1. The highest BCUT2D eigenvalue weighted by Crippen LogP contribution is 2.40. The number of rotatable bonds is 3. The Labute approximate surface area is 157 Å². The fourth-order valence-corrected chi connectivity index (χ4v) is 5.27. The monoisotopic (exact) mass is 370 g/mol. The molecule has 5 heteroatoms. The second-order valence-electron chi connectivity index (χ2n) is 6.74. The van der Waals surface area contributed by atoms with Crippen LogP contribution >= 0.6 is 23.6 Å². The number of aromatic hydroxyl groups is 1. The zero-order valence-corrected chi connectivity index (χ0v) is 16.0. The van der Waals surface area contributed by atoms with Crippen molar-refractivity contribution in [3.05, 3.63) is 38.2 Å². The number of nitrogens with zero attached hydrogens (tertiary/aromatic N) is 2.